The topological polar surface area (TPSA) is 15.3 Å². The van der Waals surface area contributed by atoms with E-state index in [9.17, 15) is 0 Å². The van der Waals surface area contributed by atoms with Crippen molar-refractivity contribution in [2.45, 2.75) is 66.1 Å². The molecule has 19 heavy (non-hydrogen) atoms. The van der Waals surface area contributed by atoms with Crippen LogP contribution in [0.1, 0.15) is 55.9 Å². The van der Waals surface area contributed by atoms with Crippen molar-refractivity contribution in [1.29, 1.82) is 0 Å². The van der Waals surface area contributed by atoms with E-state index < -0.39 is 0 Å². The van der Waals surface area contributed by atoms with Gasteiger partial charge in [0.25, 0.3) is 0 Å². The SMILES string of the molecule is CCCCN(C)Cc1cc(CNC(C)(C)C)sc1C. The number of thiophene rings is 1. The van der Waals surface area contributed by atoms with Crippen LogP contribution in [0.4, 0.5) is 0 Å². The fourth-order valence-corrected chi connectivity index (χ4v) is 2.98. The van der Waals surface area contributed by atoms with Gasteiger partial charge in [0.15, 0.2) is 0 Å². The van der Waals surface area contributed by atoms with Crippen LogP contribution in [0.15, 0.2) is 6.07 Å². The Balaban J connectivity index is 2.54. The van der Waals surface area contributed by atoms with Gasteiger partial charge in [-0.2, -0.15) is 0 Å². The molecule has 1 aromatic heterocycles. The summed E-state index contributed by atoms with van der Waals surface area (Å²) in [7, 11) is 2.22. The van der Waals surface area contributed by atoms with Crippen molar-refractivity contribution in [2.24, 2.45) is 0 Å². The predicted molar refractivity (Wildman–Crippen MR) is 86.9 cm³/mol. The van der Waals surface area contributed by atoms with Crippen LogP contribution in [0.5, 0.6) is 0 Å². The molecule has 1 aromatic rings. The highest BCUT2D eigenvalue weighted by Gasteiger charge is 2.12. The molecular formula is C16H30N2S. The zero-order valence-corrected chi connectivity index (χ0v) is 14.3. The van der Waals surface area contributed by atoms with Gasteiger partial charge in [-0.25, -0.2) is 0 Å². The Morgan fingerprint density at radius 2 is 2.00 bits per heavy atom. The highest BCUT2D eigenvalue weighted by atomic mass is 32.1. The minimum Gasteiger partial charge on any atom is -0.307 e. The number of hydrogen-bond acceptors (Lipinski definition) is 3. The van der Waals surface area contributed by atoms with Gasteiger partial charge in [0.2, 0.25) is 0 Å². The fraction of sp³-hybridized carbons (Fsp3) is 0.750. The second-order valence-corrected chi connectivity index (χ2v) is 7.83. The molecule has 0 saturated carbocycles. The Bertz CT molecular complexity index is 377. The summed E-state index contributed by atoms with van der Waals surface area (Å²) in [5.41, 5.74) is 1.69. The first-order chi connectivity index (χ1) is 8.81. The first kappa shape index (κ1) is 16.7. The van der Waals surface area contributed by atoms with Gasteiger partial charge >= 0.3 is 0 Å². The number of rotatable bonds is 7. The maximum atomic E-state index is 3.56. The highest BCUT2D eigenvalue weighted by molar-refractivity contribution is 7.12. The first-order valence-electron chi connectivity index (χ1n) is 7.33. The van der Waals surface area contributed by atoms with Gasteiger partial charge in [-0.05, 0) is 59.3 Å². The summed E-state index contributed by atoms with van der Waals surface area (Å²) in [6.07, 6.45) is 2.56. The molecule has 0 aliphatic rings. The normalized spacial score (nSPS) is 12.4. The lowest BCUT2D eigenvalue weighted by molar-refractivity contribution is 0.320. The smallest absolute Gasteiger partial charge is 0.0304 e. The van der Waals surface area contributed by atoms with E-state index in [1.807, 2.05) is 11.3 Å². The Morgan fingerprint density at radius 1 is 1.32 bits per heavy atom. The summed E-state index contributed by atoms with van der Waals surface area (Å²) < 4.78 is 0. The van der Waals surface area contributed by atoms with E-state index in [1.165, 1.54) is 34.7 Å². The number of aryl methyl sites for hydroxylation is 1. The molecule has 0 spiro atoms. The van der Waals surface area contributed by atoms with E-state index in [0.717, 1.165) is 13.1 Å². The molecule has 1 heterocycles. The van der Waals surface area contributed by atoms with Gasteiger partial charge in [-0.3, -0.25) is 0 Å². The zero-order valence-electron chi connectivity index (χ0n) is 13.5. The van der Waals surface area contributed by atoms with Gasteiger partial charge in [-0.15, -0.1) is 11.3 Å². The van der Waals surface area contributed by atoms with Gasteiger partial charge < -0.3 is 10.2 Å². The quantitative estimate of drug-likeness (QED) is 0.807. The van der Waals surface area contributed by atoms with Crippen LogP contribution in [0.2, 0.25) is 0 Å². The monoisotopic (exact) mass is 282 g/mol. The summed E-state index contributed by atoms with van der Waals surface area (Å²) in [5, 5.41) is 3.56. The molecule has 0 unspecified atom stereocenters. The molecular weight excluding hydrogens is 252 g/mol. The molecule has 110 valence electrons. The summed E-state index contributed by atoms with van der Waals surface area (Å²) >= 11 is 1.93. The molecule has 1 rings (SSSR count). The van der Waals surface area contributed by atoms with Gasteiger partial charge in [0.05, 0.1) is 0 Å². The molecule has 0 saturated heterocycles. The predicted octanol–water partition coefficient (Wildman–Crippen LogP) is 4.18. The maximum absolute atomic E-state index is 3.56. The van der Waals surface area contributed by atoms with E-state index in [1.54, 1.807) is 0 Å². The molecule has 0 fully saturated rings. The molecule has 0 amide bonds. The number of nitrogens with one attached hydrogen (secondary N) is 1. The van der Waals surface area contributed by atoms with Crippen molar-refractivity contribution in [2.75, 3.05) is 13.6 Å². The maximum Gasteiger partial charge on any atom is 0.0304 e. The number of nitrogens with zero attached hydrogens (tertiary/aromatic N) is 1. The average Bonchev–Trinajstić information content (AvgIpc) is 2.64. The minimum absolute atomic E-state index is 0.190. The van der Waals surface area contributed by atoms with E-state index >= 15 is 0 Å². The lowest BCUT2D eigenvalue weighted by Crippen LogP contribution is -2.34. The van der Waals surface area contributed by atoms with E-state index in [-0.39, 0.29) is 5.54 Å². The summed E-state index contributed by atoms with van der Waals surface area (Å²) in [6.45, 7) is 14.4. The first-order valence-corrected chi connectivity index (χ1v) is 8.15. The Kier molecular flexibility index (Phi) is 6.51. The lowest BCUT2D eigenvalue weighted by Gasteiger charge is -2.19. The molecule has 1 N–H and O–H groups in total. The van der Waals surface area contributed by atoms with E-state index in [2.05, 4.69) is 57.9 Å². The Hall–Kier alpha value is -0.380. The number of unbranched alkanes of at least 4 members (excludes halogenated alkanes) is 1. The summed E-state index contributed by atoms with van der Waals surface area (Å²) in [6, 6.07) is 2.38. The van der Waals surface area contributed by atoms with E-state index in [4.69, 9.17) is 0 Å². The van der Waals surface area contributed by atoms with Crippen molar-refractivity contribution in [3.63, 3.8) is 0 Å². The second kappa shape index (κ2) is 7.41. The van der Waals surface area contributed by atoms with Crippen molar-refractivity contribution in [3.8, 4) is 0 Å². The van der Waals surface area contributed by atoms with Crippen LogP contribution in [0, 0.1) is 6.92 Å². The third kappa shape index (κ3) is 6.55. The molecule has 0 aliphatic heterocycles. The van der Waals surface area contributed by atoms with Crippen molar-refractivity contribution in [3.05, 3.63) is 21.4 Å². The van der Waals surface area contributed by atoms with Gasteiger partial charge in [0.1, 0.15) is 0 Å². The van der Waals surface area contributed by atoms with Crippen molar-refractivity contribution < 1.29 is 0 Å². The van der Waals surface area contributed by atoms with Crippen LogP contribution >= 0.6 is 11.3 Å². The van der Waals surface area contributed by atoms with E-state index in [0.29, 0.717) is 0 Å². The van der Waals surface area contributed by atoms with Crippen LogP contribution in [-0.2, 0) is 13.1 Å². The molecule has 0 atom stereocenters. The minimum atomic E-state index is 0.190. The standard InChI is InChI=1S/C16H30N2S/c1-7-8-9-18(6)12-14-10-15(19-13(14)2)11-17-16(3,4)5/h10,17H,7-9,11-12H2,1-6H3. The van der Waals surface area contributed by atoms with Crippen LogP contribution in [-0.4, -0.2) is 24.0 Å². The van der Waals surface area contributed by atoms with Gasteiger partial charge in [-0.1, -0.05) is 13.3 Å². The molecule has 0 bridgehead atoms. The number of hydrogen-bond donors (Lipinski definition) is 1. The molecule has 0 aliphatic carbocycles. The third-order valence-corrected chi connectivity index (χ3v) is 4.29. The molecule has 2 nitrogen and oxygen atoms in total. The summed E-state index contributed by atoms with van der Waals surface area (Å²) in [4.78, 5) is 5.35. The third-order valence-electron chi connectivity index (χ3n) is 3.20. The summed E-state index contributed by atoms with van der Waals surface area (Å²) in [5.74, 6) is 0. The Morgan fingerprint density at radius 3 is 2.58 bits per heavy atom. The highest BCUT2D eigenvalue weighted by Crippen LogP contribution is 2.23. The van der Waals surface area contributed by atoms with Crippen molar-refractivity contribution >= 4 is 11.3 Å². The molecule has 0 radical (unpaired) electrons. The largest absolute Gasteiger partial charge is 0.307 e. The van der Waals surface area contributed by atoms with Crippen LogP contribution < -0.4 is 5.32 Å². The van der Waals surface area contributed by atoms with Crippen molar-refractivity contribution in [1.82, 2.24) is 10.2 Å². The Labute approximate surface area is 123 Å². The average molecular weight is 282 g/mol. The molecule has 0 aromatic carbocycles. The van der Waals surface area contributed by atoms with Crippen LogP contribution in [0.25, 0.3) is 0 Å². The van der Waals surface area contributed by atoms with Gasteiger partial charge in [0, 0.05) is 28.4 Å². The lowest BCUT2D eigenvalue weighted by atomic mass is 10.1. The second-order valence-electron chi connectivity index (χ2n) is 6.49. The zero-order chi connectivity index (χ0) is 14.5. The fourth-order valence-electron chi connectivity index (χ4n) is 1.98. The molecule has 3 heteroatoms. The van der Waals surface area contributed by atoms with Crippen LogP contribution in [0.3, 0.4) is 0 Å².